The summed E-state index contributed by atoms with van der Waals surface area (Å²) in [5.41, 5.74) is 2.79. The number of unbranched alkanes of at least 4 members (excludes halogenated alkanes) is 1. The minimum absolute atomic E-state index is 1.21. The lowest BCUT2D eigenvalue weighted by molar-refractivity contribution is 0.796. The van der Waals surface area contributed by atoms with E-state index in [9.17, 15) is 0 Å². The smallest absolute Gasteiger partial charge is 0.0477 e. The Labute approximate surface area is 85.4 Å². The first-order valence-electron chi connectivity index (χ1n) is 5.35. The van der Waals surface area contributed by atoms with Crippen molar-refractivity contribution in [3.8, 4) is 0 Å². The number of nitrogens with zero attached hydrogens (tertiary/aromatic N) is 1. The third-order valence-corrected chi connectivity index (χ3v) is 2.77. The molecule has 1 heterocycles. The van der Waals surface area contributed by atoms with Crippen molar-refractivity contribution in [3.05, 3.63) is 36.0 Å². The van der Waals surface area contributed by atoms with Crippen LogP contribution in [0.4, 0.5) is 0 Å². The molecule has 0 saturated heterocycles. The predicted octanol–water partition coefficient (Wildman–Crippen LogP) is 3.52. The number of hydrogen-bond donors (Lipinski definition) is 0. The molecule has 0 bridgehead atoms. The molecule has 0 saturated carbocycles. The summed E-state index contributed by atoms with van der Waals surface area (Å²) >= 11 is 0. The Morgan fingerprint density at radius 2 is 2.07 bits per heavy atom. The Morgan fingerprint density at radius 1 is 1.21 bits per heavy atom. The molecule has 1 heteroatoms. The Hall–Kier alpha value is -1.24. The highest BCUT2D eigenvalue weighted by Crippen LogP contribution is 2.17. The van der Waals surface area contributed by atoms with Crippen molar-refractivity contribution in [1.82, 2.24) is 4.57 Å². The molecule has 1 aromatic carbocycles. The van der Waals surface area contributed by atoms with Crippen LogP contribution in [0, 0.1) is 0 Å². The molecular weight excluding hydrogens is 170 g/mol. The van der Waals surface area contributed by atoms with E-state index < -0.39 is 0 Å². The molecule has 0 aliphatic heterocycles. The lowest BCUT2D eigenvalue weighted by Gasteiger charge is -2.01. The highest BCUT2D eigenvalue weighted by Gasteiger charge is 1.98. The van der Waals surface area contributed by atoms with Crippen LogP contribution in [0.1, 0.15) is 25.3 Å². The number of rotatable bonds is 3. The molecule has 14 heavy (non-hydrogen) atoms. The van der Waals surface area contributed by atoms with Gasteiger partial charge in [0, 0.05) is 18.8 Å². The van der Waals surface area contributed by atoms with Crippen LogP contribution in [0.25, 0.3) is 10.9 Å². The van der Waals surface area contributed by atoms with E-state index in [2.05, 4.69) is 49.0 Å². The van der Waals surface area contributed by atoms with Crippen LogP contribution >= 0.6 is 0 Å². The summed E-state index contributed by atoms with van der Waals surface area (Å²) in [6.07, 6.45) is 5.89. The Bertz CT molecular complexity index is 426. The molecule has 0 aliphatic rings. The van der Waals surface area contributed by atoms with Gasteiger partial charge in [0.05, 0.1) is 0 Å². The van der Waals surface area contributed by atoms with Crippen LogP contribution in [0.2, 0.25) is 0 Å². The van der Waals surface area contributed by atoms with Crippen LogP contribution in [0.3, 0.4) is 0 Å². The molecule has 0 N–H and O–H groups in total. The standard InChI is InChI=1S/C13H17N/c1-3-4-5-11-6-7-13-12(10-11)8-9-14(13)2/h6-10H,3-5H2,1-2H3. The summed E-state index contributed by atoms with van der Waals surface area (Å²) < 4.78 is 2.17. The second kappa shape index (κ2) is 3.87. The third kappa shape index (κ3) is 1.67. The van der Waals surface area contributed by atoms with Crippen molar-refractivity contribution in [2.24, 2.45) is 7.05 Å². The average molecular weight is 187 g/mol. The molecule has 0 radical (unpaired) electrons. The number of fused-ring (bicyclic) bond motifs is 1. The van der Waals surface area contributed by atoms with Gasteiger partial charge < -0.3 is 4.57 Å². The fourth-order valence-electron chi connectivity index (χ4n) is 1.87. The van der Waals surface area contributed by atoms with E-state index in [-0.39, 0.29) is 0 Å². The first-order valence-corrected chi connectivity index (χ1v) is 5.35. The Kier molecular flexibility index (Phi) is 2.58. The number of hydrogen-bond acceptors (Lipinski definition) is 0. The van der Waals surface area contributed by atoms with Crippen LogP contribution in [-0.4, -0.2) is 4.57 Å². The summed E-state index contributed by atoms with van der Waals surface area (Å²) in [5.74, 6) is 0. The molecule has 2 aromatic rings. The van der Waals surface area contributed by atoms with E-state index in [1.807, 2.05) is 0 Å². The van der Waals surface area contributed by atoms with Gasteiger partial charge in [-0.3, -0.25) is 0 Å². The zero-order valence-electron chi connectivity index (χ0n) is 8.96. The molecule has 0 unspecified atom stereocenters. The normalized spacial score (nSPS) is 11.0. The number of benzene rings is 1. The largest absolute Gasteiger partial charge is 0.351 e. The zero-order valence-corrected chi connectivity index (χ0v) is 8.96. The lowest BCUT2D eigenvalue weighted by Crippen LogP contribution is -1.86. The minimum atomic E-state index is 1.21. The van der Waals surface area contributed by atoms with Crippen LogP contribution in [-0.2, 0) is 13.5 Å². The third-order valence-electron chi connectivity index (χ3n) is 2.77. The van der Waals surface area contributed by atoms with Gasteiger partial charge in [0.1, 0.15) is 0 Å². The first-order chi connectivity index (χ1) is 6.81. The van der Waals surface area contributed by atoms with Gasteiger partial charge in [-0.25, -0.2) is 0 Å². The van der Waals surface area contributed by atoms with E-state index in [0.717, 1.165) is 0 Å². The van der Waals surface area contributed by atoms with Crippen molar-refractivity contribution in [2.45, 2.75) is 26.2 Å². The van der Waals surface area contributed by atoms with Crippen molar-refractivity contribution in [1.29, 1.82) is 0 Å². The minimum Gasteiger partial charge on any atom is -0.351 e. The second-order valence-electron chi connectivity index (χ2n) is 3.92. The topological polar surface area (TPSA) is 4.93 Å². The van der Waals surface area contributed by atoms with Crippen molar-refractivity contribution < 1.29 is 0 Å². The maximum atomic E-state index is 2.31. The summed E-state index contributed by atoms with van der Waals surface area (Å²) in [6.45, 7) is 2.24. The van der Waals surface area contributed by atoms with Gasteiger partial charge in [0.15, 0.2) is 0 Å². The van der Waals surface area contributed by atoms with Gasteiger partial charge in [-0.2, -0.15) is 0 Å². The summed E-state index contributed by atoms with van der Waals surface area (Å²) in [4.78, 5) is 0. The van der Waals surface area contributed by atoms with E-state index in [1.165, 1.54) is 35.7 Å². The van der Waals surface area contributed by atoms with Gasteiger partial charge >= 0.3 is 0 Å². The molecule has 0 aliphatic carbocycles. The fourth-order valence-corrected chi connectivity index (χ4v) is 1.87. The molecule has 0 amide bonds. The molecule has 1 aromatic heterocycles. The van der Waals surface area contributed by atoms with Gasteiger partial charge in [0.25, 0.3) is 0 Å². The summed E-state index contributed by atoms with van der Waals surface area (Å²) in [5, 5.41) is 1.36. The quantitative estimate of drug-likeness (QED) is 0.693. The van der Waals surface area contributed by atoms with E-state index in [1.54, 1.807) is 0 Å². The van der Waals surface area contributed by atoms with Crippen molar-refractivity contribution >= 4 is 10.9 Å². The molecule has 1 nitrogen and oxygen atoms in total. The molecular formula is C13H17N. The predicted molar refractivity (Wildman–Crippen MR) is 61.5 cm³/mol. The lowest BCUT2D eigenvalue weighted by atomic mass is 10.1. The zero-order chi connectivity index (χ0) is 9.97. The first kappa shape index (κ1) is 9.32. The van der Waals surface area contributed by atoms with Gasteiger partial charge in [-0.1, -0.05) is 19.4 Å². The van der Waals surface area contributed by atoms with Crippen LogP contribution in [0.5, 0.6) is 0 Å². The van der Waals surface area contributed by atoms with Crippen molar-refractivity contribution in [2.75, 3.05) is 0 Å². The molecule has 0 atom stereocenters. The SMILES string of the molecule is CCCCc1ccc2c(ccn2C)c1. The highest BCUT2D eigenvalue weighted by molar-refractivity contribution is 5.80. The maximum absolute atomic E-state index is 2.31. The number of aromatic nitrogens is 1. The summed E-state index contributed by atoms with van der Waals surface area (Å²) in [7, 11) is 2.09. The van der Waals surface area contributed by atoms with E-state index >= 15 is 0 Å². The molecule has 74 valence electrons. The maximum Gasteiger partial charge on any atom is 0.0477 e. The van der Waals surface area contributed by atoms with Crippen LogP contribution in [0.15, 0.2) is 30.5 Å². The van der Waals surface area contributed by atoms with E-state index in [4.69, 9.17) is 0 Å². The van der Waals surface area contributed by atoms with Gasteiger partial charge in [0.2, 0.25) is 0 Å². The van der Waals surface area contributed by atoms with Crippen LogP contribution < -0.4 is 0 Å². The average Bonchev–Trinajstić information content (AvgIpc) is 2.57. The Morgan fingerprint density at radius 3 is 2.86 bits per heavy atom. The fraction of sp³-hybridized carbons (Fsp3) is 0.385. The molecule has 2 rings (SSSR count). The Balaban J connectivity index is 2.32. The van der Waals surface area contributed by atoms with Gasteiger partial charge in [-0.15, -0.1) is 0 Å². The second-order valence-corrected chi connectivity index (χ2v) is 3.92. The molecule has 0 spiro atoms. The van der Waals surface area contributed by atoms with Gasteiger partial charge in [-0.05, 0) is 42.0 Å². The molecule has 0 fully saturated rings. The summed E-state index contributed by atoms with van der Waals surface area (Å²) in [6, 6.07) is 8.97. The highest BCUT2D eigenvalue weighted by atomic mass is 14.9. The van der Waals surface area contributed by atoms with Crippen molar-refractivity contribution in [3.63, 3.8) is 0 Å². The van der Waals surface area contributed by atoms with E-state index in [0.29, 0.717) is 0 Å². The number of aryl methyl sites for hydroxylation is 2. The monoisotopic (exact) mass is 187 g/mol.